The highest BCUT2D eigenvalue weighted by molar-refractivity contribution is 5.87. The molecule has 0 aromatic heterocycles. The molecular formula is C23H37N3O2. The Bertz CT molecular complexity index is 678. The molecule has 0 saturated carbocycles. The van der Waals surface area contributed by atoms with E-state index in [-0.39, 0.29) is 23.7 Å². The molecule has 0 bridgehead atoms. The Labute approximate surface area is 170 Å². The van der Waals surface area contributed by atoms with Crippen LogP contribution in [0.25, 0.3) is 0 Å². The van der Waals surface area contributed by atoms with E-state index in [4.69, 9.17) is 5.73 Å². The van der Waals surface area contributed by atoms with Gasteiger partial charge >= 0.3 is 0 Å². The van der Waals surface area contributed by atoms with E-state index in [2.05, 4.69) is 50.8 Å². The second-order valence-electron chi connectivity index (χ2n) is 8.61. The van der Waals surface area contributed by atoms with E-state index in [1.165, 1.54) is 16.8 Å². The van der Waals surface area contributed by atoms with E-state index >= 15 is 0 Å². The van der Waals surface area contributed by atoms with Gasteiger partial charge in [-0.2, -0.15) is 0 Å². The number of rotatable bonds is 8. The number of hydrogen-bond donors (Lipinski definition) is 1. The first kappa shape index (κ1) is 22.3. The van der Waals surface area contributed by atoms with Gasteiger partial charge in [0, 0.05) is 43.7 Å². The molecule has 1 saturated heterocycles. The summed E-state index contributed by atoms with van der Waals surface area (Å²) in [5.41, 5.74) is 9.47. The molecular weight excluding hydrogens is 350 g/mol. The van der Waals surface area contributed by atoms with Gasteiger partial charge in [-0.25, -0.2) is 0 Å². The molecule has 1 fully saturated rings. The summed E-state index contributed by atoms with van der Waals surface area (Å²) < 4.78 is 0. The molecule has 1 aliphatic rings. The lowest BCUT2D eigenvalue weighted by Gasteiger charge is -2.39. The van der Waals surface area contributed by atoms with E-state index in [0.29, 0.717) is 31.8 Å². The zero-order chi connectivity index (χ0) is 20.8. The van der Waals surface area contributed by atoms with Gasteiger partial charge in [0.2, 0.25) is 11.8 Å². The maximum Gasteiger partial charge on any atom is 0.226 e. The molecule has 0 aliphatic carbocycles. The third-order valence-corrected chi connectivity index (χ3v) is 5.94. The number of benzene rings is 1. The van der Waals surface area contributed by atoms with E-state index in [1.54, 1.807) is 0 Å². The molecule has 1 aromatic rings. The minimum absolute atomic E-state index is 0.102. The largest absolute Gasteiger partial charge is 0.369 e. The molecule has 2 amide bonds. The number of carbonyl (C=O) groups excluding carboxylic acids is 2. The second-order valence-corrected chi connectivity index (χ2v) is 8.61. The van der Waals surface area contributed by atoms with Crippen LogP contribution in [0.1, 0.15) is 51.2 Å². The number of nitrogens with zero attached hydrogens (tertiary/aromatic N) is 2. The van der Waals surface area contributed by atoms with E-state index in [0.717, 1.165) is 19.5 Å². The predicted molar refractivity (Wildman–Crippen MR) is 115 cm³/mol. The summed E-state index contributed by atoms with van der Waals surface area (Å²) in [6.07, 6.45) is 2.25. The van der Waals surface area contributed by atoms with Crippen LogP contribution in [-0.4, -0.2) is 42.9 Å². The molecule has 2 atom stereocenters. The van der Waals surface area contributed by atoms with Crippen LogP contribution in [0.3, 0.4) is 0 Å². The first-order chi connectivity index (χ1) is 13.2. The van der Waals surface area contributed by atoms with Crippen LogP contribution in [0, 0.1) is 31.6 Å². The lowest BCUT2D eigenvalue weighted by molar-refractivity contribution is -0.142. The number of anilines is 1. The molecule has 0 radical (unpaired) electrons. The number of carbonyl (C=O) groups is 2. The quantitative estimate of drug-likeness (QED) is 0.742. The Hall–Kier alpha value is -2.04. The monoisotopic (exact) mass is 387 g/mol. The van der Waals surface area contributed by atoms with Crippen molar-refractivity contribution in [3.05, 3.63) is 29.3 Å². The van der Waals surface area contributed by atoms with Crippen molar-refractivity contribution in [1.82, 2.24) is 4.90 Å². The normalized spacial score (nSPS) is 16.9. The van der Waals surface area contributed by atoms with Gasteiger partial charge in [0.15, 0.2) is 0 Å². The molecule has 1 heterocycles. The summed E-state index contributed by atoms with van der Waals surface area (Å²) in [6.45, 7) is 13.5. The molecule has 1 aliphatic heterocycles. The first-order valence-electron chi connectivity index (χ1n) is 10.6. The Morgan fingerprint density at radius 2 is 1.68 bits per heavy atom. The summed E-state index contributed by atoms with van der Waals surface area (Å²) in [4.78, 5) is 29.6. The minimum Gasteiger partial charge on any atom is -0.369 e. The highest BCUT2D eigenvalue weighted by Gasteiger charge is 2.36. The van der Waals surface area contributed by atoms with E-state index in [1.807, 2.05) is 11.8 Å². The number of primary amides is 1. The van der Waals surface area contributed by atoms with Crippen molar-refractivity contribution in [2.45, 2.75) is 53.9 Å². The van der Waals surface area contributed by atoms with Gasteiger partial charge in [0.05, 0.1) is 0 Å². The fourth-order valence-corrected chi connectivity index (χ4v) is 4.14. The van der Waals surface area contributed by atoms with Crippen LogP contribution in [0.2, 0.25) is 0 Å². The Morgan fingerprint density at radius 1 is 1.04 bits per heavy atom. The number of aryl methyl sites for hydroxylation is 2. The maximum atomic E-state index is 13.3. The molecule has 5 nitrogen and oxygen atoms in total. The summed E-state index contributed by atoms with van der Waals surface area (Å²) in [5.74, 6) is -0.548. The van der Waals surface area contributed by atoms with Crippen LogP contribution >= 0.6 is 0 Å². The van der Waals surface area contributed by atoms with Crippen molar-refractivity contribution in [3.63, 3.8) is 0 Å². The molecule has 28 heavy (non-hydrogen) atoms. The molecule has 5 heteroatoms. The number of nitrogens with two attached hydrogens (primary N) is 1. The van der Waals surface area contributed by atoms with Gasteiger partial charge in [-0.05, 0) is 55.9 Å². The van der Waals surface area contributed by atoms with Gasteiger partial charge < -0.3 is 15.5 Å². The molecule has 2 unspecified atom stereocenters. The zero-order valence-corrected chi connectivity index (χ0v) is 18.2. The van der Waals surface area contributed by atoms with Gasteiger partial charge in [0.1, 0.15) is 0 Å². The smallest absolute Gasteiger partial charge is 0.226 e. The van der Waals surface area contributed by atoms with Gasteiger partial charge in [-0.15, -0.1) is 0 Å². The minimum atomic E-state index is -0.363. The molecule has 0 spiro atoms. The topological polar surface area (TPSA) is 66.6 Å². The third-order valence-electron chi connectivity index (χ3n) is 5.94. The SMILES string of the molecule is CCCC(C(N)=O)C(CC(C)C)C(=O)N1CCN(c2ccc(C)c(C)c2)CC1. The van der Waals surface area contributed by atoms with Crippen molar-refractivity contribution in [3.8, 4) is 0 Å². The number of amides is 2. The van der Waals surface area contributed by atoms with Crippen LogP contribution in [0.4, 0.5) is 5.69 Å². The highest BCUT2D eigenvalue weighted by atomic mass is 16.2. The van der Waals surface area contributed by atoms with E-state index in [9.17, 15) is 9.59 Å². The lowest BCUT2D eigenvalue weighted by Crippen LogP contribution is -2.52. The van der Waals surface area contributed by atoms with Crippen LogP contribution in [0.5, 0.6) is 0 Å². The summed E-state index contributed by atoms with van der Waals surface area (Å²) in [7, 11) is 0. The second kappa shape index (κ2) is 9.94. The number of hydrogen-bond acceptors (Lipinski definition) is 3. The average Bonchev–Trinajstić information content (AvgIpc) is 2.66. The summed E-state index contributed by atoms with van der Waals surface area (Å²) in [6, 6.07) is 6.54. The standard InChI is InChI=1S/C23H37N3O2/c1-6-7-20(22(24)27)21(14-16(2)3)23(28)26-12-10-25(11-13-26)19-9-8-17(4)18(5)15-19/h8-9,15-16,20-21H,6-7,10-14H2,1-5H3,(H2,24,27). The van der Waals surface area contributed by atoms with Crippen molar-refractivity contribution in [2.75, 3.05) is 31.1 Å². The molecule has 2 rings (SSSR count). The number of piperazine rings is 1. The van der Waals surface area contributed by atoms with Crippen LogP contribution in [0.15, 0.2) is 18.2 Å². The van der Waals surface area contributed by atoms with Gasteiger partial charge in [-0.1, -0.05) is 33.3 Å². The fraction of sp³-hybridized carbons (Fsp3) is 0.652. The Morgan fingerprint density at radius 3 is 2.18 bits per heavy atom. The van der Waals surface area contributed by atoms with Crippen molar-refractivity contribution < 1.29 is 9.59 Å². The zero-order valence-electron chi connectivity index (χ0n) is 18.2. The first-order valence-corrected chi connectivity index (χ1v) is 10.6. The van der Waals surface area contributed by atoms with Crippen molar-refractivity contribution >= 4 is 17.5 Å². The lowest BCUT2D eigenvalue weighted by atomic mass is 9.81. The van der Waals surface area contributed by atoms with Crippen molar-refractivity contribution in [1.29, 1.82) is 0 Å². The Kier molecular flexibility index (Phi) is 7.90. The highest BCUT2D eigenvalue weighted by Crippen LogP contribution is 2.28. The molecule has 156 valence electrons. The molecule has 1 aromatic carbocycles. The maximum absolute atomic E-state index is 13.3. The third kappa shape index (κ3) is 5.49. The molecule has 2 N–H and O–H groups in total. The van der Waals surface area contributed by atoms with Gasteiger partial charge in [-0.3, -0.25) is 9.59 Å². The average molecular weight is 388 g/mol. The van der Waals surface area contributed by atoms with Crippen LogP contribution < -0.4 is 10.6 Å². The predicted octanol–water partition coefficient (Wildman–Crippen LogP) is 3.52. The van der Waals surface area contributed by atoms with E-state index < -0.39 is 0 Å². The van der Waals surface area contributed by atoms with Gasteiger partial charge in [0.25, 0.3) is 0 Å². The fourth-order valence-electron chi connectivity index (χ4n) is 4.14. The Balaban J connectivity index is 2.07. The van der Waals surface area contributed by atoms with Crippen LogP contribution in [-0.2, 0) is 9.59 Å². The summed E-state index contributed by atoms with van der Waals surface area (Å²) >= 11 is 0. The summed E-state index contributed by atoms with van der Waals surface area (Å²) in [5, 5.41) is 0. The van der Waals surface area contributed by atoms with Crippen molar-refractivity contribution in [2.24, 2.45) is 23.5 Å².